The van der Waals surface area contributed by atoms with Crippen molar-refractivity contribution >= 4 is 11.9 Å². The number of likely N-dealkylation sites (tertiary alicyclic amines) is 1. The summed E-state index contributed by atoms with van der Waals surface area (Å²) in [5, 5.41) is 6.18. The maximum absolute atomic E-state index is 12.5. The fourth-order valence-corrected chi connectivity index (χ4v) is 5.56. The first kappa shape index (κ1) is 18.3. The first-order chi connectivity index (χ1) is 13.0. The Morgan fingerprint density at radius 1 is 1.15 bits per heavy atom. The minimum Gasteiger partial charge on any atom is -0.335 e. The lowest BCUT2D eigenvalue weighted by Gasteiger charge is -2.29. The van der Waals surface area contributed by atoms with Gasteiger partial charge in [-0.05, 0) is 56.4 Å². The largest absolute Gasteiger partial charge is 0.335 e. The van der Waals surface area contributed by atoms with Crippen LogP contribution in [0.5, 0.6) is 0 Å². The van der Waals surface area contributed by atoms with Crippen molar-refractivity contribution in [1.82, 2.24) is 15.5 Å². The molecule has 146 valence electrons. The number of amides is 3. The third-order valence-corrected chi connectivity index (χ3v) is 7.04. The smallest absolute Gasteiger partial charge is 0.315 e. The molecule has 2 N–H and O–H groups in total. The van der Waals surface area contributed by atoms with E-state index in [0.717, 1.165) is 17.4 Å². The fraction of sp³-hybridized carbons (Fsp3) is 0.636. The highest BCUT2D eigenvalue weighted by Crippen LogP contribution is 2.49. The molecule has 5 heteroatoms. The van der Waals surface area contributed by atoms with Crippen molar-refractivity contribution in [1.29, 1.82) is 0 Å². The number of nitrogens with one attached hydrogen (secondary N) is 2. The normalized spacial score (nSPS) is 31.8. The lowest BCUT2D eigenvalue weighted by molar-refractivity contribution is -0.129. The number of fused-ring (bicyclic) bond motifs is 2. The molecule has 3 fully saturated rings. The van der Waals surface area contributed by atoms with Crippen LogP contribution in [0.3, 0.4) is 0 Å². The third-order valence-electron chi connectivity index (χ3n) is 7.04. The predicted octanol–water partition coefficient (Wildman–Crippen LogP) is 3.47. The SMILES string of the molecule is CC(NC(=O)NC1CC(=O)N(C(C)c2ccccc2)C1)C1CC2CCC1C2. The second-order valence-electron chi connectivity index (χ2n) is 8.78. The Bertz CT molecular complexity index is 692. The van der Waals surface area contributed by atoms with Gasteiger partial charge < -0.3 is 15.5 Å². The summed E-state index contributed by atoms with van der Waals surface area (Å²) >= 11 is 0. The molecule has 3 amide bonds. The highest BCUT2D eigenvalue weighted by atomic mass is 16.2. The minimum atomic E-state index is -0.128. The fourth-order valence-electron chi connectivity index (χ4n) is 5.56. The van der Waals surface area contributed by atoms with Crippen molar-refractivity contribution in [2.45, 2.75) is 64.1 Å². The quantitative estimate of drug-likeness (QED) is 0.835. The van der Waals surface area contributed by atoms with Crippen molar-refractivity contribution in [3.63, 3.8) is 0 Å². The van der Waals surface area contributed by atoms with Crippen LogP contribution in [0.15, 0.2) is 30.3 Å². The Morgan fingerprint density at radius 2 is 1.93 bits per heavy atom. The lowest BCUT2D eigenvalue weighted by Crippen LogP contribution is -2.49. The molecule has 0 spiro atoms. The van der Waals surface area contributed by atoms with Crippen molar-refractivity contribution in [2.75, 3.05) is 6.54 Å². The van der Waals surface area contributed by atoms with E-state index in [2.05, 4.69) is 17.6 Å². The third kappa shape index (κ3) is 3.83. The van der Waals surface area contributed by atoms with Gasteiger partial charge in [-0.3, -0.25) is 4.79 Å². The van der Waals surface area contributed by atoms with Gasteiger partial charge in [0.15, 0.2) is 0 Å². The van der Waals surface area contributed by atoms with Gasteiger partial charge in [-0.2, -0.15) is 0 Å². The minimum absolute atomic E-state index is 0.0292. The molecule has 2 aliphatic carbocycles. The Morgan fingerprint density at radius 3 is 2.59 bits per heavy atom. The number of hydrogen-bond donors (Lipinski definition) is 2. The molecule has 1 aromatic carbocycles. The van der Waals surface area contributed by atoms with E-state index in [0.29, 0.717) is 18.9 Å². The van der Waals surface area contributed by atoms with Crippen molar-refractivity contribution in [2.24, 2.45) is 17.8 Å². The molecule has 1 heterocycles. The van der Waals surface area contributed by atoms with Gasteiger partial charge in [0.25, 0.3) is 0 Å². The second kappa shape index (κ2) is 7.53. The van der Waals surface area contributed by atoms with E-state index in [-0.39, 0.29) is 30.1 Å². The molecule has 1 aromatic rings. The number of urea groups is 1. The van der Waals surface area contributed by atoms with Crippen LogP contribution in [-0.2, 0) is 4.79 Å². The molecule has 3 aliphatic rings. The summed E-state index contributed by atoms with van der Waals surface area (Å²) in [5.41, 5.74) is 1.13. The topological polar surface area (TPSA) is 61.4 Å². The Labute approximate surface area is 161 Å². The van der Waals surface area contributed by atoms with Crippen LogP contribution in [0.1, 0.15) is 57.6 Å². The average Bonchev–Trinajstić information content (AvgIpc) is 3.37. The van der Waals surface area contributed by atoms with Crippen LogP contribution in [0.2, 0.25) is 0 Å². The maximum Gasteiger partial charge on any atom is 0.315 e. The van der Waals surface area contributed by atoms with Crippen LogP contribution < -0.4 is 10.6 Å². The van der Waals surface area contributed by atoms with Gasteiger partial charge in [0.1, 0.15) is 0 Å². The molecule has 27 heavy (non-hydrogen) atoms. The number of carbonyl (C=O) groups excluding carboxylic acids is 2. The zero-order valence-electron chi connectivity index (χ0n) is 16.4. The summed E-state index contributed by atoms with van der Waals surface area (Å²) in [6.07, 6.45) is 5.69. The van der Waals surface area contributed by atoms with Crippen LogP contribution >= 0.6 is 0 Å². The van der Waals surface area contributed by atoms with Crippen molar-refractivity contribution in [3.05, 3.63) is 35.9 Å². The van der Waals surface area contributed by atoms with Gasteiger partial charge in [-0.25, -0.2) is 4.79 Å². The van der Waals surface area contributed by atoms with Gasteiger partial charge in [0.05, 0.1) is 12.1 Å². The van der Waals surface area contributed by atoms with E-state index in [4.69, 9.17) is 0 Å². The molecule has 5 nitrogen and oxygen atoms in total. The molecule has 1 aliphatic heterocycles. The summed E-state index contributed by atoms with van der Waals surface area (Å²) in [6, 6.07) is 10.0. The Balaban J connectivity index is 1.28. The molecule has 0 radical (unpaired) electrons. The molecular weight excluding hydrogens is 338 g/mol. The van der Waals surface area contributed by atoms with Gasteiger partial charge >= 0.3 is 6.03 Å². The molecule has 0 aromatic heterocycles. The predicted molar refractivity (Wildman–Crippen MR) is 105 cm³/mol. The van der Waals surface area contributed by atoms with Crippen molar-refractivity contribution < 1.29 is 9.59 Å². The molecule has 1 saturated heterocycles. The maximum atomic E-state index is 12.5. The number of carbonyl (C=O) groups is 2. The summed E-state index contributed by atoms with van der Waals surface area (Å²) < 4.78 is 0. The molecule has 6 atom stereocenters. The van der Waals surface area contributed by atoms with E-state index in [1.807, 2.05) is 42.2 Å². The zero-order valence-corrected chi connectivity index (χ0v) is 16.4. The van der Waals surface area contributed by atoms with Gasteiger partial charge in [0.2, 0.25) is 5.91 Å². The monoisotopic (exact) mass is 369 g/mol. The number of benzene rings is 1. The van der Waals surface area contributed by atoms with Gasteiger partial charge in [-0.1, -0.05) is 36.8 Å². The summed E-state index contributed by atoms with van der Waals surface area (Å²) in [6.45, 7) is 4.76. The molecule has 4 rings (SSSR count). The summed E-state index contributed by atoms with van der Waals surface area (Å²) in [5.74, 6) is 2.40. The first-order valence-corrected chi connectivity index (χ1v) is 10.4. The highest BCUT2D eigenvalue weighted by Gasteiger charge is 2.42. The first-order valence-electron chi connectivity index (χ1n) is 10.4. The van der Waals surface area contributed by atoms with E-state index in [1.165, 1.54) is 25.7 Å². The van der Waals surface area contributed by atoms with E-state index < -0.39 is 0 Å². The molecule has 6 unspecified atom stereocenters. The highest BCUT2D eigenvalue weighted by molar-refractivity contribution is 5.82. The molecule has 2 bridgehead atoms. The number of hydrogen-bond acceptors (Lipinski definition) is 2. The summed E-state index contributed by atoms with van der Waals surface area (Å²) in [7, 11) is 0. The van der Waals surface area contributed by atoms with Crippen LogP contribution in [0.4, 0.5) is 4.79 Å². The summed E-state index contributed by atoms with van der Waals surface area (Å²) in [4.78, 5) is 26.8. The van der Waals surface area contributed by atoms with Gasteiger partial charge in [0, 0.05) is 19.0 Å². The molecular formula is C22H31N3O2. The average molecular weight is 370 g/mol. The van der Waals surface area contributed by atoms with Gasteiger partial charge in [-0.15, -0.1) is 0 Å². The standard InChI is InChI=1S/C22H31N3O2/c1-14(20-11-16-8-9-18(20)10-16)23-22(27)24-19-12-21(26)25(13-19)15(2)17-6-4-3-5-7-17/h3-7,14-16,18-20H,8-13H2,1-2H3,(H2,23,24,27). The Kier molecular flexibility index (Phi) is 5.11. The van der Waals surface area contributed by atoms with Crippen molar-refractivity contribution in [3.8, 4) is 0 Å². The zero-order chi connectivity index (χ0) is 19.0. The van der Waals surface area contributed by atoms with E-state index in [1.54, 1.807) is 0 Å². The van der Waals surface area contributed by atoms with Crippen LogP contribution in [-0.4, -0.2) is 35.5 Å². The van der Waals surface area contributed by atoms with Crippen LogP contribution in [0, 0.1) is 17.8 Å². The van der Waals surface area contributed by atoms with Crippen LogP contribution in [0.25, 0.3) is 0 Å². The number of rotatable bonds is 5. The number of nitrogens with zero attached hydrogens (tertiary/aromatic N) is 1. The Hall–Kier alpha value is -2.04. The van der Waals surface area contributed by atoms with E-state index in [9.17, 15) is 9.59 Å². The lowest BCUT2D eigenvalue weighted by atomic mass is 9.84. The second-order valence-corrected chi connectivity index (χ2v) is 8.78. The van der Waals surface area contributed by atoms with E-state index >= 15 is 0 Å². The molecule has 2 saturated carbocycles.